The largest absolute Gasteiger partial charge is 0.486 e. The quantitative estimate of drug-likeness (QED) is 0.342. The molecule has 0 aliphatic carbocycles. The molecule has 0 bridgehead atoms. The fourth-order valence-corrected chi connectivity index (χ4v) is 1.09. The second-order valence-corrected chi connectivity index (χ2v) is 4.32. The van der Waals surface area contributed by atoms with E-state index in [1.165, 1.54) is 0 Å². The number of ether oxygens (including phenoxy) is 1. The van der Waals surface area contributed by atoms with Gasteiger partial charge in [0, 0.05) is 0 Å². The molecule has 0 aliphatic rings. The summed E-state index contributed by atoms with van der Waals surface area (Å²) in [5.74, 6) is -13.4. The summed E-state index contributed by atoms with van der Waals surface area (Å²) >= 11 is 2.10. The third-order valence-electron chi connectivity index (χ3n) is 1.90. The molecule has 1 unspecified atom stereocenters. The molecule has 1 aromatic carbocycles. The maximum atomic E-state index is 13.0. The Balaban J connectivity index is 3.03. The van der Waals surface area contributed by atoms with Crippen LogP contribution in [0.1, 0.15) is 0 Å². The smallest absolute Gasteiger partial charge is 0.404 e. The van der Waals surface area contributed by atoms with Gasteiger partial charge in [0.15, 0.2) is 5.75 Å². The van der Waals surface area contributed by atoms with Crippen LogP contribution in [-0.2, 0) is 0 Å². The molecule has 108 valence electrons. The first kappa shape index (κ1) is 16.0. The van der Waals surface area contributed by atoms with Crippen molar-refractivity contribution in [3.8, 4) is 5.75 Å². The molecule has 0 aliphatic heterocycles. The molecule has 0 radical (unpaired) electrons. The van der Waals surface area contributed by atoms with Gasteiger partial charge in [0.25, 0.3) is 0 Å². The van der Waals surface area contributed by atoms with Gasteiger partial charge in [0.05, 0.1) is 0 Å². The van der Waals surface area contributed by atoms with Crippen LogP contribution in [0, 0.1) is 29.1 Å². The lowest BCUT2D eigenvalue weighted by atomic mass is 10.2. The van der Waals surface area contributed by atoms with Gasteiger partial charge in [-0.25, -0.2) is 13.2 Å². The predicted octanol–water partition coefficient (Wildman–Crippen LogP) is 4.09. The number of halogens is 9. The molecule has 1 nitrogen and oxygen atoms in total. The van der Waals surface area contributed by atoms with Crippen LogP contribution in [0.25, 0.3) is 0 Å². The van der Waals surface area contributed by atoms with E-state index in [2.05, 4.69) is 20.7 Å². The minimum absolute atomic E-state index is 1.36. The summed E-state index contributed by atoms with van der Waals surface area (Å²) in [5, 5.41) is 0. The zero-order valence-corrected chi connectivity index (χ0v) is 10.2. The molecule has 0 N–H and O–H groups in total. The van der Waals surface area contributed by atoms with Gasteiger partial charge in [0.1, 0.15) is 11.4 Å². The second-order valence-electron chi connectivity index (χ2n) is 3.22. The van der Waals surface area contributed by atoms with Crippen LogP contribution >= 0.6 is 15.9 Å². The summed E-state index contributed by atoms with van der Waals surface area (Å²) in [6, 6.07) is 0. The van der Waals surface area contributed by atoms with Crippen molar-refractivity contribution < 1.29 is 39.9 Å². The van der Waals surface area contributed by atoms with Crippen molar-refractivity contribution in [2.75, 3.05) is 6.61 Å². The zero-order valence-electron chi connectivity index (χ0n) is 8.59. The van der Waals surface area contributed by atoms with E-state index in [-0.39, 0.29) is 0 Å². The molecular weight excluding hydrogens is 356 g/mol. The van der Waals surface area contributed by atoms with Crippen molar-refractivity contribution in [2.45, 2.75) is 11.0 Å². The van der Waals surface area contributed by atoms with Crippen molar-refractivity contribution in [1.82, 2.24) is 0 Å². The molecule has 0 fully saturated rings. The number of rotatable bonds is 3. The lowest BCUT2D eigenvalue weighted by Gasteiger charge is -2.16. The molecule has 0 spiro atoms. The van der Waals surface area contributed by atoms with Gasteiger partial charge >= 0.3 is 6.18 Å². The molecule has 0 saturated heterocycles. The monoisotopic (exact) mass is 358 g/mol. The Hall–Kier alpha value is -1.06. The Bertz CT molecular complexity index is 457. The summed E-state index contributed by atoms with van der Waals surface area (Å²) in [6.07, 6.45) is -4.80. The highest BCUT2D eigenvalue weighted by atomic mass is 79.9. The van der Waals surface area contributed by atoms with Crippen molar-refractivity contribution >= 4 is 15.9 Å². The van der Waals surface area contributed by atoms with E-state index in [0.29, 0.717) is 0 Å². The van der Waals surface area contributed by atoms with Crippen LogP contribution in [0.5, 0.6) is 5.75 Å². The minimum Gasteiger partial charge on any atom is -0.486 e. The van der Waals surface area contributed by atoms with Crippen molar-refractivity contribution in [3.63, 3.8) is 0 Å². The average Bonchev–Trinajstić information content (AvgIpc) is 2.32. The Labute approximate surface area is 109 Å². The normalized spacial score (nSPS) is 13.5. The molecule has 1 atom stereocenters. The van der Waals surface area contributed by atoms with E-state index in [9.17, 15) is 35.1 Å². The van der Waals surface area contributed by atoms with Gasteiger partial charge in [0.2, 0.25) is 29.1 Å². The van der Waals surface area contributed by atoms with E-state index < -0.39 is 52.4 Å². The van der Waals surface area contributed by atoms with Gasteiger partial charge in [-0.05, 0) is 0 Å². The minimum atomic E-state index is -4.80. The van der Waals surface area contributed by atoms with Crippen LogP contribution in [0.2, 0.25) is 0 Å². The standard InChI is InChI=1S/C9H3BrF8O/c10-2(9(16,17)18)1-19-8-6(14)4(12)3(11)5(13)7(8)15/h2H,1H2. The first-order valence-corrected chi connectivity index (χ1v) is 5.34. The van der Waals surface area contributed by atoms with Gasteiger partial charge in [-0.1, -0.05) is 15.9 Å². The van der Waals surface area contributed by atoms with E-state index in [1.807, 2.05) is 0 Å². The topological polar surface area (TPSA) is 9.23 Å². The maximum absolute atomic E-state index is 13.0. The molecule has 19 heavy (non-hydrogen) atoms. The molecule has 0 amide bonds. The number of hydrogen-bond acceptors (Lipinski definition) is 1. The molecule has 1 rings (SSSR count). The molecule has 0 aromatic heterocycles. The van der Waals surface area contributed by atoms with Crippen LogP contribution < -0.4 is 4.74 Å². The number of alkyl halides is 4. The zero-order chi connectivity index (χ0) is 15.0. The Kier molecular flexibility index (Phi) is 4.64. The molecular formula is C9H3BrF8O. The Morgan fingerprint density at radius 2 is 1.21 bits per heavy atom. The van der Waals surface area contributed by atoms with Gasteiger partial charge < -0.3 is 4.74 Å². The third-order valence-corrected chi connectivity index (χ3v) is 2.68. The molecule has 10 heteroatoms. The van der Waals surface area contributed by atoms with Gasteiger partial charge in [-0.15, -0.1) is 0 Å². The fraction of sp³-hybridized carbons (Fsp3) is 0.333. The average molecular weight is 359 g/mol. The SMILES string of the molecule is Fc1c(F)c(F)c(OCC(Br)C(F)(F)F)c(F)c1F. The van der Waals surface area contributed by atoms with Crippen molar-refractivity contribution in [3.05, 3.63) is 29.1 Å². The number of hydrogen-bond donors (Lipinski definition) is 0. The lowest BCUT2D eigenvalue weighted by Crippen LogP contribution is -2.29. The second kappa shape index (κ2) is 5.51. The summed E-state index contributed by atoms with van der Waals surface area (Å²) in [6.45, 7) is -1.36. The van der Waals surface area contributed by atoms with Crippen LogP contribution in [-0.4, -0.2) is 17.6 Å². The molecule has 0 saturated carbocycles. The van der Waals surface area contributed by atoms with Crippen LogP contribution in [0.15, 0.2) is 0 Å². The van der Waals surface area contributed by atoms with E-state index >= 15 is 0 Å². The van der Waals surface area contributed by atoms with Crippen molar-refractivity contribution in [1.29, 1.82) is 0 Å². The van der Waals surface area contributed by atoms with Gasteiger partial charge in [-0.3, -0.25) is 0 Å². The summed E-state index contributed by atoms with van der Waals surface area (Å²) in [7, 11) is 0. The summed E-state index contributed by atoms with van der Waals surface area (Å²) in [4.78, 5) is -2.32. The lowest BCUT2D eigenvalue weighted by molar-refractivity contribution is -0.132. The first-order valence-electron chi connectivity index (χ1n) is 4.42. The van der Waals surface area contributed by atoms with Gasteiger partial charge in [-0.2, -0.15) is 22.0 Å². The summed E-state index contributed by atoms with van der Waals surface area (Å²) in [5.41, 5.74) is 0. The number of benzene rings is 1. The summed E-state index contributed by atoms with van der Waals surface area (Å²) < 4.78 is 104. The Morgan fingerprint density at radius 1 is 0.842 bits per heavy atom. The van der Waals surface area contributed by atoms with Crippen LogP contribution in [0.3, 0.4) is 0 Å². The van der Waals surface area contributed by atoms with E-state index in [0.717, 1.165) is 0 Å². The fourth-order valence-electron chi connectivity index (χ4n) is 0.962. The van der Waals surface area contributed by atoms with E-state index in [4.69, 9.17) is 0 Å². The van der Waals surface area contributed by atoms with E-state index in [1.54, 1.807) is 0 Å². The highest BCUT2D eigenvalue weighted by molar-refractivity contribution is 9.09. The third kappa shape index (κ3) is 3.28. The molecule has 0 heterocycles. The highest BCUT2D eigenvalue weighted by Gasteiger charge is 2.39. The molecule has 1 aromatic rings. The highest BCUT2D eigenvalue weighted by Crippen LogP contribution is 2.31. The Morgan fingerprint density at radius 3 is 1.58 bits per heavy atom. The first-order chi connectivity index (χ1) is 8.57. The van der Waals surface area contributed by atoms with Crippen molar-refractivity contribution in [2.24, 2.45) is 0 Å². The predicted molar refractivity (Wildman–Crippen MR) is 50.5 cm³/mol. The maximum Gasteiger partial charge on any atom is 0.404 e. The van der Waals surface area contributed by atoms with Crippen LogP contribution in [0.4, 0.5) is 35.1 Å².